The Kier molecular flexibility index (Phi) is 7.78. The fraction of sp³-hybridized carbons (Fsp3) is 0.533. The average molecular weight is 364 g/mol. The van der Waals surface area contributed by atoms with Crippen LogP contribution in [0, 0.1) is 5.82 Å². The van der Waals surface area contributed by atoms with Crippen molar-refractivity contribution < 1.29 is 12.8 Å². The lowest BCUT2D eigenvalue weighted by molar-refractivity contribution is 0.581. The van der Waals surface area contributed by atoms with Gasteiger partial charge in [0.25, 0.3) is 0 Å². The Hall–Kier alpha value is -1.34. The summed E-state index contributed by atoms with van der Waals surface area (Å²) in [5.41, 5.74) is 0.789. The lowest BCUT2D eigenvalue weighted by Crippen LogP contribution is -2.42. The predicted octanol–water partition coefficient (Wildman–Crippen LogP) is 2.36. The number of rotatable bonds is 7. The van der Waals surface area contributed by atoms with Gasteiger partial charge in [-0.25, -0.2) is 17.8 Å². The average Bonchev–Trinajstić information content (AvgIpc) is 2.45. The van der Waals surface area contributed by atoms with Crippen LogP contribution in [-0.4, -0.2) is 39.0 Å². The lowest BCUT2D eigenvalue weighted by atomic mass is 10.2. The summed E-state index contributed by atoms with van der Waals surface area (Å²) in [6.07, 6.45) is 1.71. The van der Waals surface area contributed by atoms with Crippen LogP contribution in [-0.2, 0) is 16.4 Å². The van der Waals surface area contributed by atoms with Crippen LogP contribution in [0.3, 0.4) is 0 Å². The molecular weight excluding hydrogens is 341 g/mol. The molecule has 0 amide bonds. The third-order valence-electron chi connectivity index (χ3n) is 3.05. The second-order valence-electron chi connectivity index (χ2n) is 5.41. The van der Waals surface area contributed by atoms with Gasteiger partial charge in [0.2, 0.25) is 0 Å². The predicted molar refractivity (Wildman–Crippen MR) is 93.2 cm³/mol. The van der Waals surface area contributed by atoms with Gasteiger partial charge in [-0.15, -0.1) is 0 Å². The zero-order valence-electron chi connectivity index (χ0n) is 13.6. The summed E-state index contributed by atoms with van der Waals surface area (Å²) in [7, 11) is -2.98. The smallest absolute Gasteiger partial charge is 0.191 e. The molecule has 1 aromatic rings. The Morgan fingerprint density at radius 3 is 2.70 bits per heavy atom. The molecule has 1 atom stereocenters. The van der Waals surface area contributed by atoms with E-state index < -0.39 is 15.7 Å². The highest BCUT2D eigenvalue weighted by Gasteiger charge is 2.09. The normalized spacial score (nSPS) is 13.7. The third-order valence-corrected chi connectivity index (χ3v) is 4.32. The van der Waals surface area contributed by atoms with Crippen LogP contribution in [0.5, 0.6) is 0 Å². The molecule has 0 saturated carbocycles. The van der Waals surface area contributed by atoms with Crippen molar-refractivity contribution in [2.24, 2.45) is 4.99 Å². The quantitative estimate of drug-likeness (QED) is 0.576. The molecule has 1 aromatic carbocycles. The standard InChI is InChI=1S/C15H23ClFN3O2S/c1-4-18-15(20-11(2)7-8-23(3,21)22)19-10-12-5-6-14(17)13(16)9-12/h5-6,9,11H,4,7-8,10H2,1-3H3,(H2,18,19,20). The molecule has 0 spiro atoms. The summed E-state index contributed by atoms with van der Waals surface area (Å²) in [4.78, 5) is 4.40. The number of guanidine groups is 1. The Labute approximate surface area is 142 Å². The van der Waals surface area contributed by atoms with Gasteiger partial charge >= 0.3 is 0 Å². The van der Waals surface area contributed by atoms with E-state index in [-0.39, 0.29) is 16.8 Å². The minimum atomic E-state index is -2.98. The molecule has 130 valence electrons. The van der Waals surface area contributed by atoms with Crippen molar-refractivity contribution in [3.05, 3.63) is 34.6 Å². The van der Waals surface area contributed by atoms with Crippen molar-refractivity contribution >= 4 is 27.4 Å². The third kappa shape index (κ3) is 8.18. The van der Waals surface area contributed by atoms with Gasteiger partial charge in [-0.2, -0.15) is 0 Å². The van der Waals surface area contributed by atoms with E-state index in [1.807, 2.05) is 13.8 Å². The van der Waals surface area contributed by atoms with Gasteiger partial charge in [0.1, 0.15) is 15.7 Å². The number of benzene rings is 1. The minimum Gasteiger partial charge on any atom is -0.357 e. The van der Waals surface area contributed by atoms with Crippen LogP contribution >= 0.6 is 11.6 Å². The second-order valence-corrected chi connectivity index (χ2v) is 8.07. The van der Waals surface area contributed by atoms with Gasteiger partial charge in [0.05, 0.1) is 17.3 Å². The molecule has 2 N–H and O–H groups in total. The number of sulfone groups is 1. The summed E-state index contributed by atoms with van der Waals surface area (Å²) in [6.45, 7) is 4.85. The summed E-state index contributed by atoms with van der Waals surface area (Å²) in [5.74, 6) is 0.237. The summed E-state index contributed by atoms with van der Waals surface area (Å²) in [5, 5.41) is 6.31. The van der Waals surface area contributed by atoms with Crippen molar-refractivity contribution in [3.63, 3.8) is 0 Å². The van der Waals surface area contributed by atoms with Crippen molar-refractivity contribution in [3.8, 4) is 0 Å². The molecule has 1 unspecified atom stereocenters. The van der Waals surface area contributed by atoms with Crippen LogP contribution in [0.2, 0.25) is 5.02 Å². The molecule has 8 heteroatoms. The molecule has 0 aliphatic carbocycles. The molecule has 0 heterocycles. The molecule has 0 aromatic heterocycles. The van der Waals surface area contributed by atoms with E-state index in [1.165, 1.54) is 18.4 Å². The first-order valence-electron chi connectivity index (χ1n) is 7.37. The van der Waals surface area contributed by atoms with Crippen LogP contribution in [0.4, 0.5) is 4.39 Å². The van der Waals surface area contributed by atoms with Gasteiger partial charge in [-0.3, -0.25) is 0 Å². The van der Waals surface area contributed by atoms with Gasteiger partial charge < -0.3 is 10.6 Å². The summed E-state index contributed by atoms with van der Waals surface area (Å²) in [6, 6.07) is 4.43. The number of hydrogen-bond donors (Lipinski definition) is 2. The first-order valence-corrected chi connectivity index (χ1v) is 9.81. The fourth-order valence-electron chi connectivity index (χ4n) is 1.82. The van der Waals surface area contributed by atoms with Crippen molar-refractivity contribution in [2.75, 3.05) is 18.6 Å². The van der Waals surface area contributed by atoms with Crippen molar-refractivity contribution in [1.82, 2.24) is 10.6 Å². The van der Waals surface area contributed by atoms with E-state index in [0.29, 0.717) is 25.5 Å². The van der Waals surface area contributed by atoms with Crippen molar-refractivity contribution in [2.45, 2.75) is 32.9 Å². The number of aliphatic imine (C=N–C) groups is 1. The highest BCUT2D eigenvalue weighted by Crippen LogP contribution is 2.16. The number of nitrogens with one attached hydrogen (secondary N) is 2. The highest BCUT2D eigenvalue weighted by atomic mass is 35.5. The second kappa shape index (κ2) is 9.08. The summed E-state index contributed by atoms with van der Waals surface area (Å²) < 4.78 is 35.5. The summed E-state index contributed by atoms with van der Waals surface area (Å²) >= 11 is 5.75. The molecule has 0 bridgehead atoms. The van der Waals surface area contributed by atoms with Gasteiger partial charge in [-0.05, 0) is 38.0 Å². The molecule has 0 fully saturated rings. The van der Waals surface area contributed by atoms with Gasteiger partial charge in [-0.1, -0.05) is 17.7 Å². The van der Waals surface area contributed by atoms with Gasteiger partial charge in [0.15, 0.2) is 5.96 Å². The first-order chi connectivity index (χ1) is 10.7. The zero-order valence-corrected chi connectivity index (χ0v) is 15.1. The largest absolute Gasteiger partial charge is 0.357 e. The fourth-order valence-corrected chi connectivity index (χ4v) is 2.81. The monoisotopic (exact) mass is 363 g/mol. The highest BCUT2D eigenvalue weighted by molar-refractivity contribution is 7.90. The Balaban J connectivity index is 2.67. The van der Waals surface area contributed by atoms with Crippen molar-refractivity contribution in [1.29, 1.82) is 0 Å². The number of nitrogens with zero attached hydrogens (tertiary/aromatic N) is 1. The maximum Gasteiger partial charge on any atom is 0.191 e. The number of hydrogen-bond acceptors (Lipinski definition) is 3. The van der Waals surface area contributed by atoms with E-state index in [1.54, 1.807) is 6.07 Å². The van der Waals surface area contributed by atoms with Crippen LogP contribution in [0.25, 0.3) is 0 Å². The van der Waals surface area contributed by atoms with E-state index in [2.05, 4.69) is 15.6 Å². The molecule has 0 saturated heterocycles. The lowest BCUT2D eigenvalue weighted by Gasteiger charge is -2.17. The first kappa shape index (κ1) is 19.7. The maximum atomic E-state index is 13.1. The maximum absolute atomic E-state index is 13.1. The van der Waals surface area contributed by atoms with E-state index in [0.717, 1.165) is 5.56 Å². The van der Waals surface area contributed by atoms with E-state index in [9.17, 15) is 12.8 Å². The van der Waals surface area contributed by atoms with E-state index in [4.69, 9.17) is 11.6 Å². The molecule has 23 heavy (non-hydrogen) atoms. The Bertz CT molecular complexity index is 650. The van der Waals surface area contributed by atoms with Gasteiger partial charge in [0, 0.05) is 18.8 Å². The minimum absolute atomic E-state index is 0.0423. The molecule has 0 radical (unpaired) electrons. The Morgan fingerprint density at radius 2 is 2.13 bits per heavy atom. The van der Waals surface area contributed by atoms with Crippen LogP contribution in [0.15, 0.2) is 23.2 Å². The SMILES string of the molecule is CCNC(=NCc1ccc(F)c(Cl)c1)NC(C)CCS(C)(=O)=O. The molecule has 5 nitrogen and oxygen atoms in total. The van der Waals surface area contributed by atoms with Crippen LogP contribution < -0.4 is 10.6 Å². The van der Waals surface area contributed by atoms with E-state index >= 15 is 0 Å². The Morgan fingerprint density at radius 1 is 1.43 bits per heavy atom. The zero-order chi connectivity index (χ0) is 17.5. The topological polar surface area (TPSA) is 70.6 Å². The molecule has 0 aliphatic rings. The molecule has 1 rings (SSSR count). The molecular formula is C15H23ClFN3O2S. The number of halogens is 2. The molecule has 0 aliphatic heterocycles. The van der Waals surface area contributed by atoms with Crippen LogP contribution in [0.1, 0.15) is 25.8 Å².